The van der Waals surface area contributed by atoms with Crippen LogP contribution in [-0.4, -0.2) is 29.6 Å². The van der Waals surface area contributed by atoms with E-state index in [2.05, 4.69) is 0 Å². The first-order chi connectivity index (χ1) is 0. The van der Waals surface area contributed by atoms with E-state index >= 15 is 0 Å². The van der Waals surface area contributed by atoms with E-state index in [4.69, 9.17) is 0 Å². The Balaban J connectivity index is 0. The van der Waals surface area contributed by atoms with Gasteiger partial charge in [-0.2, -0.15) is 27.0 Å². The predicted octanol–water partition coefficient (Wildman–Crippen LogP) is -0.425. The second-order valence-corrected chi connectivity index (χ2v) is 0. The van der Waals surface area contributed by atoms with Gasteiger partial charge in [0.05, 0.1) is 0 Å². The van der Waals surface area contributed by atoms with Crippen LogP contribution in [0.4, 0.5) is 0 Å². The Morgan fingerprint density at radius 2 is 0.750 bits per heavy atom. The maximum Gasteiger partial charge on any atom is 0 e. The fourth-order valence-corrected chi connectivity index (χ4v) is 0. The van der Waals surface area contributed by atoms with Crippen LogP contribution in [0, 0.1) is 0 Å². The van der Waals surface area contributed by atoms with Crippen molar-refractivity contribution in [1.29, 1.82) is 0 Å². The monoisotopic (exact) mass is 140 g/mol. The quantitative estimate of drug-likeness (QED) is 0.401. The predicted molar refractivity (Wildman–Crippen MR) is 27.9 cm³/mol. The molecule has 0 saturated carbocycles. The van der Waals surface area contributed by atoms with E-state index in [1.165, 1.54) is 0 Å². The molecule has 0 aromatic carbocycles. The zero-order valence-electron chi connectivity index (χ0n) is 1.50. The maximum absolute atomic E-state index is 0. The molecule has 0 fully saturated rings. The average molecular weight is 140 g/mol. The van der Waals surface area contributed by atoms with Gasteiger partial charge in [0, 0.05) is 21.7 Å². The minimum atomic E-state index is 0. The number of rotatable bonds is 0. The van der Waals surface area contributed by atoms with Gasteiger partial charge in [-0.15, -0.1) is 0 Å². The van der Waals surface area contributed by atoms with E-state index in [1.807, 2.05) is 0 Å². The number of hydrogen-bond acceptors (Lipinski definition) is 0. The summed E-state index contributed by atoms with van der Waals surface area (Å²) in [6.45, 7) is 0. The molecule has 0 nitrogen and oxygen atoms in total. The average Bonchev–Trinajstić information content (AvgIpc) is 0. The molecule has 22 valence electrons. The maximum atomic E-state index is 0. The zero-order valence-corrected chi connectivity index (χ0v) is 5.06. The molecule has 0 aromatic heterocycles. The Kier molecular flexibility index (Phi) is 146. The van der Waals surface area contributed by atoms with E-state index in [0.29, 0.717) is 0 Å². The molecular weight excluding hydrogens is 135 g/mol. The van der Waals surface area contributed by atoms with E-state index in [0.717, 1.165) is 0 Å². The van der Waals surface area contributed by atoms with Crippen LogP contribution in [0.5, 0.6) is 0 Å². The molecule has 0 aliphatic rings. The molecule has 0 radical (unpaired) electrons. The normalized spacial score (nSPS) is 0. The Morgan fingerprint density at radius 3 is 0.750 bits per heavy atom. The first kappa shape index (κ1) is 32.3. The zero-order chi connectivity index (χ0) is 0. The second-order valence-electron chi connectivity index (χ2n) is 0. The summed E-state index contributed by atoms with van der Waals surface area (Å²) in [5.74, 6) is 0. The third-order valence-corrected chi connectivity index (χ3v) is 0. The Bertz CT molecular complexity index is 6.00. The SMILES string of the molecule is S.S.[NaH].[Ti]. The van der Waals surface area contributed by atoms with Crippen molar-refractivity contribution in [1.82, 2.24) is 0 Å². The standard InChI is InChI=1S/Na.2H2S.Ti.H/h;2*1H2;;. The third-order valence-electron chi connectivity index (χ3n) is 0. The fraction of sp³-hybridized carbons (Fsp3) is 0. The molecule has 0 bridgehead atoms. The number of hydrogen-bond donors (Lipinski definition) is 0. The van der Waals surface area contributed by atoms with E-state index in [9.17, 15) is 0 Å². The van der Waals surface area contributed by atoms with Gasteiger partial charge in [0.25, 0.3) is 0 Å². The third kappa shape index (κ3) is 8.83. The molecule has 0 amide bonds. The smallest absolute Gasteiger partial charge is 0 e. The van der Waals surface area contributed by atoms with E-state index < -0.39 is 0 Å². The Labute approximate surface area is 77.2 Å². The first-order valence-electron chi connectivity index (χ1n) is 0. The molecule has 0 rings (SSSR count). The van der Waals surface area contributed by atoms with Crippen LogP contribution in [-0.2, 0) is 21.7 Å². The van der Waals surface area contributed by atoms with Crippen LogP contribution in [0.2, 0.25) is 0 Å². The van der Waals surface area contributed by atoms with Gasteiger partial charge in [0.2, 0.25) is 0 Å². The van der Waals surface area contributed by atoms with Crippen molar-refractivity contribution >= 4 is 56.5 Å². The van der Waals surface area contributed by atoms with Crippen LogP contribution < -0.4 is 0 Å². The Hall–Kier alpha value is 2.41. The summed E-state index contributed by atoms with van der Waals surface area (Å²) in [6, 6.07) is 0. The molecule has 0 atom stereocenters. The summed E-state index contributed by atoms with van der Waals surface area (Å²) >= 11 is 0. The molecule has 0 spiro atoms. The van der Waals surface area contributed by atoms with Crippen LogP contribution in [0.1, 0.15) is 0 Å². The molecular formula is H5NaS2Ti. The van der Waals surface area contributed by atoms with Crippen molar-refractivity contribution < 1.29 is 21.7 Å². The largest absolute Gasteiger partial charge is 0 e. The van der Waals surface area contributed by atoms with Gasteiger partial charge >= 0.3 is 29.6 Å². The fourth-order valence-electron chi connectivity index (χ4n) is 0. The molecule has 0 aliphatic heterocycles. The second kappa shape index (κ2) is 18.1. The van der Waals surface area contributed by atoms with Crippen molar-refractivity contribution in [3.8, 4) is 0 Å². The van der Waals surface area contributed by atoms with E-state index in [1.54, 1.807) is 0 Å². The molecule has 0 heterocycles. The van der Waals surface area contributed by atoms with Gasteiger partial charge in [0.15, 0.2) is 0 Å². The van der Waals surface area contributed by atoms with Gasteiger partial charge in [0.1, 0.15) is 0 Å². The van der Waals surface area contributed by atoms with Gasteiger partial charge in [-0.25, -0.2) is 0 Å². The van der Waals surface area contributed by atoms with Crippen LogP contribution in [0.15, 0.2) is 0 Å². The van der Waals surface area contributed by atoms with Crippen molar-refractivity contribution in [3.63, 3.8) is 0 Å². The van der Waals surface area contributed by atoms with Gasteiger partial charge in [-0.3, -0.25) is 0 Å². The minimum absolute atomic E-state index is 0. The van der Waals surface area contributed by atoms with Crippen molar-refractivity contribution in [2.45, 2.75) is 0 Å². The minimum Gasteiger partial charge on any atom is 0 e. The summed E-state index contributed by atoms with van der Waals surface area (Å²) in [6.07, 6.45) is 0. The summed E-state index contributed by atoms with van der Waals surface area (Å²) in [5.41, 5.74) is 0. The topological polar surface area (TPSA) is 0 Å². The summed E-state index contributed by atoms with van der Waals surface area (Å²) in [5, 5.41) is 0. The summed E-state index contributed by atoms with van der Waals surface area (Å²) in [4.78, 5) is 0. The molecule has 0 N–H and O–H groups in total. The summed E-state index contributed by atoms with van der Waals surface area (Å²) in [7, 11) is 0. The molecule has 0 aromatic rings. The molecule has 4 heavy (non-hydrogen) atoms. The molecule has 0 unspecified atom stereocenters. The van der Waals surface area contributed by atoms with Gasteiger partial charge in [-0.1, -0.05) is 0 Å². The first-order valence-corrected chi connectivity index (χ1v) is 0. The molecule has 0 saturated heterocycles. The van der Waals surface area contributed by atoms with Gasteiger partial charge in [-0.05, 0) is 0 Å². The summed E-state index contributed by atoms with van der Waals surface area (Å²) < 4.78 is 0. The van der Waals surface area contributed by atoms with E-state index in [-0.39, 0.29) is 78.3 Å². The van der Waals surface area contributed by atoms with Crippen LogP contribution in [0.25, 0.3) is 0 Å². The van der Waals surface area contributed by atoms with Gasteiger partial charge < -0.3 is 0 Å². The molecule has 0 aliphatic carbocycles. The van der Waals surface area contributed by atoms with Crippen molar-refractivity contribution in [3.05, 3.63) is 0 Å². The van der Waals surface area contributed by atoms with Crippen molar-refractivity contribution in [2.75, 3.05) is 0 Å². The molecule has 4 heteroatoms. The van der Waals surface area contributed by atoms with Crippen LogP contribution in [0.3, 0.4) is 0 Å². The Morgan fingerprint density at radius 1 is 0.750 bits per heavy atom. The van der Waals surface area contributed by atoms with Crippen LogP contribution >= 0.6 is 27.0 Å². The van der Waals surface area contributed by atoms with Crippen molar-refractivity contribution in [2.24, 2.45) is 0 Å².